The summed E-state index contributed by atoms with van der Waals surface area (Å²) in [7, 11) is 3.42. The van der Waals surface area contributed by atoms with Gasteiger partial charge in [-0.3, -0.25) is 0 Å². The molecule has 0 saturated heterocycles. The summed E-state index contributed by atoms with van der Waals surface area (Å²) in [5, 5.41) is 6.20. The Morgan fingerprint density at radius 2 is 1.46 bits per heavy atom. The minimum Gasteiger partial charge on any atom is -0.497 e. The zero-order valence-electron chi connectivity index (χ0n) is 22.3. The molecule has 1 unspecified atom stereocenters. The van der Waals surface area contributed by atoms with E-state index in [1.165, 1.54) is 27.5 Å². The van der Waals surface area contributed by atoms with Crippen molar-refractivity contribution in [3.8, 4) is 11.5 Å². The van der Waals surface area contributed by atoms with Crippen LogP contribution >= 0.6 is 0 Å². The molecule has 3 aromatic carbocycles. The molecule has 6 nitrogen and oxygen atoms in total. The van der Waals surface area contributed by atoms with Gasteiger partial charge in [0.2, 0.25) is 0 Å². The van der Waals surface area contributed by atoms with E-state index in [1.807, 2.05) is 12.1 Å². The zero-order valence-corrected chi connectivity index (χ0v) is 22.3. The fraction of sp³-hybridized carbons (Fsp3) is 0.212. The smallest absolute Gasteiger partial charge is 0.120 e. The molecule has 6 heteroatoms. The lowest BCUT2D eigenvalue weighted by Crippen LogP contribution is -2.33. The first-order valence-corrected chi connectivity index (χ1v) is 13.5. The van der Waals surface area contributed by atoms with Crippen molar-refractivity contribution in [2.75, 3.05) is 27.3 Å². The minimum absolute atomic E-state index is 0.0159. The third-order valence-corrected chi connectivity index (χ3v) is 8.23. The number of ether oxygens (including phenoxy) is 2. The summed E-state index contributed by atoms with van der Waals surface area (Å²) >= 11 is 0. The van der Waals surface area contributed by atoms with Crippen molar-refractivity contribution in [2.24, 2.45) is 0 Å². The van der Waals surface area contributed by atoms with E-state index in [2.05, 4.69) is 87.4 Å². The highest BCUT2D eigenvalue weighted by molar-refractivity contribution is 5.92. The van der Waals surface area contributed by atoms with Crippen LogP contribution in [0.3, 0.4) is 0 Å². The first kappa shape index (κ1) is 23.5. The van der Waals surface area contributed by atoms with Crippen LogP contribution in [0, 0.1) is 0 Å². The Bertz CT molecular complexity index is 1740. The number of methoxy groups -OCH3 is 2. The standard InChI is InChI=1S/C33H32N4O2/c1-20-32-27(25-12-10-22(38-2)17-28(25)35-32)14-16-37(20)31(21-7-5-4-6-8-21)19-30-33-26(13-15-34-30)24-11-9-23(39-3)18-29(24)36-33/h4-12,17-19,31,34-36H,1,13-16H2,2-3H3/b30-19-. The topological polar surface area (TPSA) is 65.3 Å². The van der Waals surface area contributed by atoms with Crippen molar-refractivity contribution < 1.29 is 9.47 Å². The molecule has 4 heterocycles. The summed E-state index contributed by atoms with van der Waals surface area (Å²) in [4.78, 5) is 9.76. The molecular weight excluding hydrogens is 484 g/mol. The van der Waals surface area contributed by atoms with Crippen LogP contribution in [0.15, 0.2) is 79.4 Å². The van der Waals surface area contributed by atoms with E-state index in [1.54, 1.807) is 14.2 Å². The Kier molecular flexibility index (Phi) is 5.62. The molecule has 0 aliphatic carbocycles. The summed E-state index contributed by atoms with van der Waals surface area (Å²) in [5.74, 6) is 1.71. The maximum Gasteiger partial charge on any atom is 0.120 e. The molecule has 3 N–H and O–H groups in total. The SMILES string of the molecule is C=C1c2[nH]c3cc(OC)ccc3c2CCN1C(/C=C1\NCCc2c1[nH]c1cc(OC)ccc21)c1ccccc1. The maximum absolute atomic E-state index is 5.48. The van der Waals surface area contributed by atoms with Gasteiger partial charge in [0.05, 0.1) is 43.0 Å². The summed E-state index contributed by atoms with van der Waals surface area (Å²) in [6.45, 7) is 6.38. The van der Waals surface area contributed by atoms with Gasteiger partial charge in [-0.05, 0) is 59.9 Å². The predicted octanol–water partition coefficient (Wildman–Crippen LogP) is 6.42. The van der Waals surface area contributed by atoms with Crippen molar-refractivity contribution in [2.45, 2.75) is 18.9 Å². The number of aromatic amines is 2. The lowest BCUT2D eigenvalue weighted by molar-refractivity contribution is 0.339. The van der Waals surface area contributed by atoms with Crippen molar-refractivity contribution in [1.29, 1.82) is 0 Å². The Hall–Kier alpha value is -4.58. The fourth-order valence-corrected chi connectivity index (χ4v) is 6.26. The molecule has 0 spiro atoms. The molecule has 0 fully saturated rings. The Morgan fingerprint density at radius 3 is 2.13 bits per heavy atom. The van der Waals surface area contributed by atoms with Crippen molar-refractivity contribution in [3.05, 3.63) is 107 Å². The lowest BCUT2D eigenvalue weighted by Gasteiger charge is -2.37. The Balaban J connectivity index is 1.32. The average Bonchev–Trinajstić information content (AvgIpc) is 3.55. The largest absolute Gasteiger partial charge is 0.497 e. The van der Waals surface area contributed by atoms with Crippen LogP contribution < -0.4 is 14.8 Å². The second-order valence-electron chi connectivity index (χ2n) is 10.3. The van der Waals surface area contributed by atoms with Gasteiger partial charge in [-0.1, -0.05) is 36.9 Å². The van der Waals surface area contributed by atoms with Crippen LogP contribution in [-0.2, 0) is 12.8 Å². The highest BCUT2D eigenvalue weighted by Crippen LogP contribution is 2.40. The monoisotopic (exact) mass is 516 g/mol. The molecule has 5 aromatic rings. The lowest BCUT2D eigenvalue weighted by atomic mass is 9.95. The van der Waals surface area contributed by atoms with E-state index in [4.69, 9.17) is 9.47 Å². The van der Waals surface area contributed by atoms with Crippen LogP contribution in [0.1, 0.15) is 34.1 Å². The van der Waals surface area contributed by atoms with Gasteiger partial charge in [0.15, 0.2) is 0 Å². The number of H-pyrrole nitrogens is 2. The van der Waals surface area contributed by atoms with E-state index in [0.717, 1.165) is 71.2 Å². The Labute approximate surface area is 227 Å². The number of nitrogens with zero attached hydrogens (tertiary/aromatic N) is 1. The molecule has 1 atom stereocenters. The van der Waals surface area contributed by atoms with Gasteiger partial charge >= 0.3 is 0 Å². The molecular formula is C33H32N4O2. The van der Waals surface area contributed by atoms with Crippen molar-refractivity contribution in [3.63, 3.8) is 0 Å². The number of nitrogens with one attached hydrogen (secondary N) is 3. The molecule has 196 valence electrons. The van der Waals surface area contributed by atoms with Gasteiger partial charge < -0.3 is 29.7 Å². The number of fused-ring (bicyclic) bond motifs is 6. The average molecular weight is 517 g/mol. The van der Waals surface area contributed by atoms with Crippen LogP contribution in [0.5, 0.6) is 11.5 Å². The van der Waals surface area contributed by atoms with E-state index in [9.17, 15) is 0 Å². The van der Waals surface area contributed by atoms with E-state index in [-0.39, 0.29) is 6.04 Å². The zero-order chi connectivity index (χ0) is 26.5. The second kappa shape index (κ2) is 9.31. The van der Waals surface area contributed by atoms with Gasteiger partial charge in [-0.25, -0.2) is 0 Å². The first-order chi connectivity index (χ1) is 19.1. The second-order valence-corrected chi connectivity index (χ2v) is 10.3. The van der Waals surface area contributed by atoms with Crippen LogP contribution in [0.25, 0.3) is 33.2 Å². The summed E-state index contributed by atoms with van der Waals surface area (Å²) < 4.78 is 11.0. The molecule has 0 radical (unpaired) electrons. The Morgan fingerprint density at radius 1 is 0.821 bits per heavy atom. The number of rotatable bonds is 5. The van der Waals surface area contributed by atoms with Crippen LogP contribution in [-0.4, -0.2) is 42.2 Å². The van der Waals surface area contributed by atoms with Crippen LogP contribution in [0.2, 0.25) is 0 Å². The van der Waals surface area contributed by atoms with Gasteiger partial charge in [-0.2, -0.15) is 0 Å². The van der Waals surface area contributed by atoms with Gasteiger partial charge in [0, 0.05) is 47.0 Å². The van der Waals surface area contributed by atoms with E-state index in [0.29, 0.717) is 0 Å². The highest BCUT2D eigenvalue weighted by Gasteiger charge is 2.30. The molecule has 0 amide bonds. The number of benzene rings is 3. The van der Waals surface area contributed by atoms with Crippen LogP contribution in [0.4, 0.5) is 0 Å². The number of aromatic nitrogens is 2. The first-order valence-electron chi connectivity index (χ1n) is 13.5. The van der Waals surface area contributed by atoms with Gasteiger partial charge in [-0.15, -0.1) is 0 Å². The number of hydrogen-bond donors (Lipinski definition) is 3. The van der Waals surface area contributed by atoms with Crippen molar-refractivity contribution >= 4 is 33.2 Å². The third-order valence-electron chi connectivity index (χ3n) is 8.23. The molecule has 2 aliphatic heterocycles. The van der Waals surface area contributed by atoms with E-state index >= 15 is 0 Å². The van der Waals surface area contributed by atoms with Crippen molar-refractivity contribution in [1.82, 2.24) is 20.2 Å². The quantitative estimate of drug-likeness (QED) is 0.252. The van der Waals surface area contributed by atoms with E-state index < -0.39 is 0 Å². The van der Waals surface area contributed by atoms with Gasteiger partial charge in [0.25, 0.3) is 0 Å². The molecule has 2 aliphatic rings. The fourth-order valence-electron chi connectivity index (χ4n) is 6.26. The summed E-state index contributed by atoms with van der Waals surface area (Å²) in [6.07, 6.45) is 4.28. The maximum atomic E-state index is 5.48. The highest BCUT2D eigenvalue weighted by atomic mass is 16.5. The molecule has 39 heavy (non-hydrogen) atoms. The summed E-state index contributed by atoms with van der Waals surface area (Å²) in [5.41, 5.74) is 10.5. The minimum atomic E-state index is 0.0159. The molecule has 0 bridgehead atoms. The third kappa shape index (κ3) is 3.86. The molecule has 2 aromatic heterocycles. The normalized spacial score (nSPS) is 16.7. The number of hydrogen-bond acceptors (Lipinski definition) is 4. The molecule has 7 rings (SSSR count). The predicted molar refractivity (Wildman–Crippen MR) is 158 cm³/mol. The summed E-state index contributed by atoms with van der Waals surface area (Å²) in [6, 6.07) is 23.3. The van der Waals surface area contributed by atoms with Gasteiger partial charge in [0.1, 0.15) is 11.5 Å². The molecule has 0 saturated carbocycles.